The zero-order valence-corrected chi connectivity index (χ0v) is 17.3. The molecule has 11 heteroatoms. The van der Waals surface area contributed by atoms with Crippen molar-refractivity contribution in [1.29, 1.82) is 0 Å². The number of hydrogen-bond acceptors (Lipinski definition) is 6. The van der Waals surface area contributed by atoms with Crippen LogP contribution in [0.25, 0.3) is 0 Å². The van der Waals surface area contributed by atoms with Crippen LogP contribution in [-0.4, -0.2) is 91.1 Å². The molecule has 1 atom stereocenters. The van der Waals surface area contributed by atoms with E-state index in [-0.39, 0.29) is 11.5 Å². The Morgan fingerprint density at radius 3 is 2.35 bits per heavy atom. The summed E-state index contributed by atoms with van der Waals surface area (Å²) in [5.74, 6) is -0.969. The number of aryl methyl sites for hydroxylation is 1. The molecule has 1 aromatic heterocycles. The minimum Gasteiger partial charge on any atom is -0.475 e. The number of furan rings is 1. The number of rotatable bonds is 3. The number of ether oxygens (including phenoxy) is 2. The Balaban J connectivity index is 0.000000339. The average Bonchev–Trinajstić information content (AvgIpc) is 3.13. The highest BCUT2D eigenvalue weighted by Crippen LogP contribution is 2.37. The number of carbonyl (C=O) groups is 2. The van der Waals surface area contributed by atoms with Gasteiger partial charge in [0.05, 0.1) is 32.9 Å². The van der Waals surface area contributed by atoms with E-state index in [1.165, 1.54) is 6.42 Å². The lowest BCUT2D eigenvalue weighted by Gasteiger charge is -2.52. The number of aliphatic carboxylic acids is 1. The van der Waals surface area contributed by atoms with Gasteiger partial charge < -0.3 is 23.9 Å². The molecule has 3 fully saturated rings. The first-order valence-electron chi connectivity index (χ1n) is 10.2. The minimum absolute atomic E-state index is 0.0206. The van der Waals surface area contributed by atoms with Gasteiger partial charge in [0.15, 0.2) is 5.76 Å². The normalized spacial score (nSPS) is 23.6. The lowest BCUT2D eigenvalue weighted by molar-refractivity contribution is -0.192. The van der Waals surface area contributed by atoms with Gasteiger partial charge in [0.1, 0.15) is 11.4 Å². The van der Waals surface area contributed by atoms with Crippen LogP contribution >= 0.6 is 0 Å². The van der Waals surface area contributed by atoms with Crippen LogP contribution in [0.2, 0.25) is 0 Å². The maximum Gasteiger partial charge on any atom is 0.490 e. The number of likely N-dealkylation sites (tertiary alicyclic amines) is 1. The topological polar surface area (TPSA) is 92.5 Å². The van der Waals surface area contributed by atoms with Gasteiger partial charge >= 0.3 is 12.1 Å². The molecule has 0 aliphatic carbocycles. The van der Waals surface area contributed by atoms with Gasteiger partial charge in [-0.3, -0.25) is 9.69 Å². The number of carbonyl (C=O) groups excluding carboxylic acids is 1. The molecule has 0 radical (unpaired) electrons. The summed E-state index contributed by atoms with van der Waals surface area (Å²) >= 11 is 0. The molecule has 4 heterocycles. The molecule has 1 N–H and O–H groups in total. The maximum atomic E-state index is 12.4. The van der Waals surface area contributed by atoms with Crippen molar-refractivity contribution in [2.24, 2.45) is 5.92 Å². The van der Waals surface area contributed by atoms with Crippen molar-refractivity contribution in [2.45, 2.75) is 31.5 Å². The Bertz CT molecular complexity index is 759. The number of morpholine rings is 1. The predicted molar refractivity (Wildman–Crippen MR) is 102 cm³/mol. The number of halogens is 3. The quantitative estimate of drug-likeness (QED) is 0.758. The first kappa shape index (κ1) is 23.6. The highest BCUT2D eigenvalue weighted by molar-refractivity contribution is 5.92. The Labute approximate surface area is 177 Å². The van der Waals surface area contributed by atoms with Crippen LogP contribution in [0.5, 0.6) is 0 Å². The monoisotopic (exact) mass is 448 g/mol. The number of carboxylic acid groups (broad SMARTS) is 1. The largest absolute Gasteiger partial charge is 0.490 e. The summed E-state index contributed by atoms with van der Waals surface area (Å²) in [6.45, 7) is 8.91. The zero-order chi connectivity index (χ0) is 22.6. The van der Waals surface area contributed by atoms with Crippen molar-refractivity contribution >= 4 is 11.9 Å². The molecule has 3 saturated heterocycles. The molecule has 0 bridgehead atoms. The number of alkyl halides is 3. The summed E-state index contributed by atoms with van der Waals surface area (Å²) in [6, 6.07) is 3.58. The van der Waals surface area contributed by atoms with E-state index < -0.39 is 12.1 Å². The van der Waals surface area contributed by atoms with Crippen LogP contribution in [-0.2, 0) is 14.3 Å². The molecule has 1 amide bonds. The summed E-state index contributed by atoms with van der Waals surface area (Å²) in [7, 11) is 0. The second kappa shape index (κ2) is 9.58. The van der Waals surface area contributed by atoms with E-state index in [0.717, 1.165) is 51.6 Å². The van der Waals surface area contributed by atoms with Crippen molar-refractivity contribution in [2.75, 3.05) is 52.5 Å². The number of nitrogens with zero attached hydrogens (tertiary/aromatic N) is 2. The number of carboxylic acids is 1. The molecule has 4 rings (SSSR count). The molecule has 1 aromatic rings. The van der Waals surface area contributed by atoms with E-state index in [1.807, 2.05) is 17.9 Å². The van der Waals surface area contributed by atoms with Crippen LogP contribution in [0.3, 0.4) is 0 Å². The molecule has 3 aliphatic heterocycles. The summed E-state index contributed by atoms with van der Waals surface area (Å²) < 4.78 is 48.8. The second-order valence-electron chi connectivity index (χ2n) is 8.19. The number of hydrogen-bond donors (Lipinski definition) is 1. The maximum absolute atomic E-state index is 12.4. The van der Waals surface area contributed by atoms with Crippen molar-refractivity contribution < 1.29 is 41.8 Å². The van der Waals surface area contributed by atoms with E-state index >= 15 is 0 Å². The SMILES string of the molecule is Cc1ccc(C(=O)N2CC3(CCC(CN4CCOCC4)CO3)C2)o1.O=C(O)C(F)(F)F. The van der Waals surface area contributed by atoms with Gasteiger partial charge in [-0.2, -0.15) is 13.2 Å². The van der Waals surface area contributed by atoms with Gasteiger partial charge in [-0.25, -0.2) is 4.79 Å². The van der Waals surface area contributed by atoms with Gasteiger partial charge in [-0.15, -0.1) is 0 Å². The number of amides is 1. The highest BCUT2D eigenvalue weighted by Gasteiger charge is 2.49. The smallest absolute Gasteiger partial charge is 0.475 e. The zero-order valence-electron chi connectivity index (χ0n) is 17.3. The molecule has 1 unspecified atom stereocenters. The highest BCUT2D eigenvalue weighted by atomic mass is 19.4. The van der Waals surface area contributed by atoms with Gasteiger partial charge in [-0.05, 0) is 37.8 Å². The standard InChI is InChI=1S/C18H26N2O4.C2HF3O2/c1-14-2-3-16(24-14)17(21)20-12-18(13-20)5-4-15(11-23-18)10-19-6-8-22-9-7-19;3-2(4,5)1(6)7/h2-3,15H,4-13H2,1H3;(H,6,7). The van der Waals surface area contributed by atoms with Crippen LogP contribution < -0.4 is 0 Å². The van der Waals surface area contributed by atoms with E-state index in [2.05, 4.69) is 4.90 Å². The van der Waals surface area contributed by atoms with Gasteiger partial charge in [0.25, 0.3) is 5.91 Å². The molecule has 1 spiro atoms. The van der Waals surface area contributed by atoms with Gasteiger partial charge in [-0.1, -0.05) is 0 Å². The van der Waals surface area contributed by atoms with Crippen molar-refractivity contribution in [3.8, 4) is 0 Å². The van der Waals surface area contributed by atoms with Crippen LogP contribution in [0.1, 0.15) is 29.2 Å². The molecular weight excluding hydrogens is 421 g/mol. The summed E-state index contributed by atoms with van der Waals surface area (Å²) in [5, 5.41) is 7.12. The Morgan fingerprint density at radius 1 is 1.23 bits per heavy atom. The molecule has 174 valence electrons. The Morgan fingerprint density at radius 2 is 1.87 bits per heavy atom. The third kappa shape index (κ3) is 6.20. The Hall–Kier alpha value is -2.11. The predicted octanol–water partition coefficient (Wildman–Crippen LogP) is 2.17. The van der Waals surface area contributed by atoms with Crippen LogP contribution in [0.4, 0.5) is 13.2 Å². The summed E-state index contributed by atoms with van der Waals surface area (Å²) in [6.07, 6.45) is -2.86. The molecule has 31 heavy (non-hydrogen) atoms. The fraction of sp³-hybridized carbons (Fsp3) is 0.700. The molecule has 3 aliphatic rings. The van der Waals surface area contributed by atoms with Gasteiger partial charge in [0.2, 0.25) is 0 Å². The van der Waals surface area contributed by atoms with E-state index in [0.29, 0.717) is 24.8 Å². The van der Waals surface area contributed by atoms with E-state index in [4.69, 9.17) is 23.8 Å². The lowest BCUT2D eigenvalue weighted by Crippen LogP contribution is -2.66. The first-order chi connectivity index (χ1) is 14.6. The lowest BCUT2D eigenvalue weighted by atomic mass is 9.82. The summed E-state index contributed by atoms with van der Waals surface area (Å²) in [4.78, 5) is 25.6. The second-order valence-corrected chi connectivity index (χ2v) is 8.19. The molecule has 0 aromatic carbocycles. The fourth-order valence-corrected chi connectivity index (χ4v) is 3.96. The fourth-order valence-electron chi connectivity index (χ4n) is 3.96. The van der Waals surface area contributed by atoms with Crippen LogP contribution in [0, 0.1) is 12.8 Å². The molecular formula is C20H27F3N2O6. The van der Waals surface area contributed by atoms with Gasteiger partial charge in [0, 0.05) is 19.6 Å². The Kier molecular flexibility index (Phi) is 7.28. The van der Waals surface area contributed by atoms with E-state index in [9.17, 15) is 18.0 Å². The average molecular weight is 448 g/mol. The van der Waals surface area contributed by atoms with Crippen molar-refractivity contribution in [3.63, 3.8) is 0 Å². The third-order valence-electron chi connectivity index (χ3n) is 5.69. The minimum atomic E-state index is -5.08. The van der Waals surface area contributed by atoms with Crippen molar-refractivity contribution in [3.05, 3.63) is 23.7 Å². The first-order valence-corrected chi connectivity index (χ1v) is 10.2. The van der Waals surface area contributed by atoms with Crippen LogP contribution in [0.15, 0.2) is 16.5 Å². The molecule has 0 saturated carbocycles. The van der Waals surface area contributed by atoms with Crippen molar-refractivity contribution in [1.82, 2.24) is 9.80 Å². The molecule has 8 nitrogen and oxygen atoms in total. The third-order valence-corrected chi connectivity index (χ3v) is 5.69. The summed E-state index contributed by atoms with van der Waals surface area (Å²) in [5.41, 5.74) is -0.112. The van der Waals surface area contributed by atoms with E-state index in [1.54, 1.807) is 6.07 Å².